The van der Waals surface area contributed by atoms with E-state index in [0.29, 0.717) is 13.1 Å². The highest BCUT2D eigenvalue weighted by Crippen LogP contribution is 1.85. The van der Waals surface area contributed by atoms with Crippen molar-refractivity contribution in [3.63, 3.8) is 0 Å². The summed E-state index contributed by atoms with van der Waals surface area (Å²) >= 11 is 0. The van der Waals surface area contributed by atoms with Gasteiger partial charge in [-0.3, -0.25) is 14.3 Å². The summed E-state index contributed by atoms with van der Waals surface area (Å²) in [5.74, 6) is 5.49. The van der Waals surface area contributed by atoms with Crippen LogP contribution in [0.3, 0.4) is 0 Å². The van der Waals surface area contributed by atoms with E-state index < -0.39 is 5.69 Å². The highest BCUT2D eigenvalue weighted by molar-refractivity contribution is 4.88. The van der Waals surface area contributed by atoms with Crippen LogP contribution in [0.15, 0.2) is 33.7 Å². The van der Waals surface area contributed by atoms with Crippen LogP contribution < -0.4 is 33.2 Å². The Balaban J connectivity index is 2.43. The molecule has 7 N–H and O–H groups in total. The van der Waals surface area contributed by atoms with Crippen LogP contribution in [0.2, 0.25) is 0 Å². The molecule has 0 fully saturated rings. The first-order valence-electron chi connectivity index (χ1n) is 6.09. The van der Waals surface area contributed by atoms with Gasteiger partial charge in [0.2, 0.25) is 0 Å². The molecule has 0 aliphatic heterocycles. The zero-order valence-electron chi connectivity index (χ0n) is 11.0. The lowest BCUT2D eigenvalue weighted by atomic mass is 10.3. The molecule has 0 spiro atoms. The molecule has 1 aromatic heterocycles. The second kappa shape index (κ2) is 8.25. The third-order valence-electron chi connectivity index (χ3n) is 2.56. The van der Waals surface area contributed by atoms with Crippen molar-refractivity contribution >= 4 is 0 Å². The maximum Gasteiger partial charge on any atom is 0.328 e. The summed E-state index contributed by atoms with van der Waals surface area (Å²) in [5.41, 5.74) is 1.75. The maximum absolute atomic E-state index is 11.4. The predicted octanol–water partition coefficient (Wildman–Crippen LogP) is -2.99. The van der Waals surface area contributed by atoms with Crippen molar-refractivity contribution in [1.29, 1.82) is 0 Å². The largest absolute Gasteiger partial charge is 0.385 e. The Kier molecular flexibility index (Phi) is 6.58. The van der Waals surface area contributed by atoms with Crippen LogP contribution in [0.25, 0.3) is 0 Å². The standard InChI is InChI=1S/C11H20N6O2/c1-13-4-2-9(16-12)8-14-5-7-17-6-3-10(18)15-11(17)19/h3,6,8,13-14,16H,2,4-5,7,12H2,1H3,(H,15,18,19)/p+1/b9-8-. The molecule has 0 bridgehead atoms. The van der Waals surface area contributed by atoms with Crippen molar-refractivity contribution in [1.82, 2.24) is 20.2 Å². The van der Waals surface area contributed by atoms with Crippen molar-refractivity contribution in [3.8, 4) is 0 Å². The smallest absolute Gasteiger partial charge is 0.328 e. The summed E-state index contributed by atoms with van der Waals surface area (Å²) in [4.78, 5) is 24.5. The van der Waals surface area contributed by atoms with E-state index in [1.807, 2.05) is 13.2 Å². The molecule has 0 saturated heterocycles. The summed E-state index contributed by atoms with van der Waals surface area (Å²) in [6, 6.07) is 1.32. The lowest BCUT2D eigenvalue weighted by Crippen LogP contribution is -2.89. The fourth-order valence-electron chi connectivity index (χ4n) is 1.48. The van der Waals surface area contributed by atoms with E-state index >= 15 is 0 Å². The molecule has 1 aromatic rings. The molecular weight excluding hydrogens is 248 g/mol. The Hall–Kier alpha value is -1.90. The van der Waals surface area contributed by atoms with Crippen molar-refractivity contribution in [3.05, 3.63) is 45.0 Å². The normalized spacial score (nSPS) is 11.6. The lowest BCUT2D eigenvalue weighted by molar-refractivity contribution is -0.621. The molecule has 0 saturated carbocycles. The molecule has 106 valence electrons. The first kappa shape index (κ1) is 15.2. The highest BCUT2D eigenvalue weighted by Gasteiger charge is 1.98. The first-order chi connectivity index (χ1) is 9.17. The zero-order valence-corrected chi connectivity index (χ0v) is 11.0. The topological polar surface area (TPSA) is 122 Å². The number of aromatic nitrogens is 2. The van der Waals surface area contributed by atoms with Gasteiger partial charge in [0, 0.05) is 38.3 Å². The molecule has 8 nitrogen and oxygen atoms in total. The van der Waals surface area contributed by atoms with Crippen LogP contribution in [0.4, 0.5) is 0 Å². The summed E-state index contributed by atoms with van der Waals surface area (Å²) in [6.07, 6.45) is 4.14. The second-order valence-corrected chi connectivity index (χ2v) is 4.00. The third-order valence-corrected chi connectivity index (χ3v) is 2.56. The monoisotopic (exact) mass is 269 g/mol. The van der Waals surface area contributed by atoms with Crippen LogP contribution in [-0.2, 0) is 6.54 Å². The minimum absolute atomic E-state index is 0.388. The average molecular weight is 269 g/mol. The highest BCUT2D eigenvalue weighted by atomic mass is 16.2. The molecule has 0 aliphatic carbocycles. The number of nitrogens with one attached hydrogen (secondary N) is 3. The van der Waals surface area contributed by atoms with Gasteiger partial charge in [0.25, 0.3) is 5.56 Å². The van der Waals surface area contributed by atoms with Gasteiger partial charge in [-0.1, -0.05) is 0 Å². The Morgan fingerprint density at radius 1 is 1.53 bits per heavy atom. The molecular formula is C11H21N6O2+. The van der Waals surface area contributed by atoms with Crippen LogP contribution in [0.1, 0.15) is 6.42 Å². The van der Waals surface area contributed by atoms with Crippen LogP contribution in [0, 0.1) is 0 Å². The van der Waals surface area contributed by atoms with E-state index in [4.69, 9.17) is 5.84 Å². The molecule has 8 heteroatoms. The Morgan fingerprint density at radius 2 is 2.32 bits per heavy atom. The molecule has 0 atom stereocenters. The van der Waals surface area contributed by atoms with Gasteiger partial charge < -0.3 is 10.6 Å². The molecule has 0 unspecified atom stereocenters. The molecule has 1 rings (SSSR count). The maximum atomic E-state index is 11.4. The fraction of sp³-hybridized carbons (Fsp3) is 0.455. The Morgan fingerprint density at radius 3 is 2.95 bits per heavy atom. The van der Waals surface area contributed by atoms with Crippen molar-refractivity contribution < 1.29 is 5.43 Å². The number of quaternary nitrogens is 1. The van der Waals surface area contributed by atoms with E-state index in [-0.39, 0.29) is 5.56 Å². The van der Waals surface area contributed by atoms with Gasteiger partial charge >= 0.3 is 5.69 Å². The van der Waals surface area contributed by atoms with Gasteiger partial charge in [-0.05, 0) is 7.05 Å². The first-order valence-corrected chi connectivity index (χ1v) is 6.09. The molecule has 0 amide bonds. The van der Waals surface area contributed by atoms with E-state index in [1.165, 1.54) is 16.8 Å². The quantitative estimate of drug-likeness (QED) is 0.196. The van der Waals surface area contributed by atoms with Crippen LogP contribution in [-0.4, -0.2) is 29.7 Å². The number of rotatable bonds is 8. The van der Waals surface area contributed by atoms with Gasteiger partial charge in [0.15, 0.2) is 0 Å². The number of H-pyrrole nitrogens is 1. The lowest BCUT2D eigenvalue weighted by Gasteiger charge is -2.05. The molecule has 0 aliphatic rings. The SMILES string of the molecule is CNCC/C(=C/NCCn1ccc(=O)[nH]c1=O)[NH2+]N. The number of nitrogens with zero attached hydrogens (tertiary/aromatic N) is 1. The van der Waals surface area contributed by atoms with E-state index in [2.05, 4.69) is 15.6 Å². The number of aromatic amines is 1. The van der Waals surface area contributed by atoms with Gasteiger partial charge in [-0.2, -0.15) is 5.84 Å². The van der Waals surface area contributed by atoms with Gasteiger partial charge in [-0.25, -0.2) is 10.2 Å². The zero-order chi connectivity index (χ0) is 14.1. The summed E-state index contributed by atoms with van der Waals surface area (Å²) in [7, 11) is 1.88. The van der Waals surface area contributed by atoms with Crippen molar-refractivity contribution in [2.45, 2.75) is 13.0 Å². The Labute approximate surface area is 110 Å². The number of nitrogens with two attached hydrogens (primary N) is 2. The number of hydrogen-bond acceptors (Lipinski definition) is 5. The summed E-state index contributed by atoms with van der Waals surface area (Å²) in [5, 5.41) is 6.12. The van der Waals surface area contributed by atoms with Gasteiger partial charge in [-0.15, -0.1) is 0 Å². The van der Waals surface area contributed by atoms with E-state index in [9.17, 15) is 9.59 Å². The van der Waals surface area contributed by atoms with Crippen molar-refractivity contribution in [2.75, 3.05) is 20.1 Å². The van der Waals surface area contributed by atoms with Gasteiger partial charge in [0.05, 0.1) is 6.20 Å². The molecule has 0 radical (unpaired) electrons. The summed E-state index contributed by atoms with van der Waals surface area (Å²) in [6.45, 7) is 1.89. The minimum atomic E-state index is -0.404. The van der Waals surface area contributed by atoms with E-state index in [1.54, 1.807) is 5.43 Å². The molecule has 19 heavy (non-hydrogen) atoms. The predicted molar refractivity (Wildman–Crippen MR) is 72.1 cm³/mol. The van der Waals surface area contributed by atoms with E-state index in [0.717, 1.165) is 18.7 Å². The van der Waals surface area contributed by atoms with Crippen LogP contribution in [0.5, 0.6) is 0 Å². The third kappa shape index (κ3) is 5.51. The second-order valence-electron chi connectivity index (χ2n) is 4.00. The summed E-state index contributed by atoms with van der Waals surface area (Å²) < 4.78 is 1.43. The fourth-order valence-corrected chi connectivity index (χ4v) is 1.48. The Bertz CT molecular complexity index is 518. The van der Waals surface area contributed by atoms with Crippen molar-refractivity contribution in [2.24, 2.45) is 5.84 Å². The molecule has 0 aromatic carbocycles. The van der Waals surface area contributed by atoms with Gasteiger partial charge in [0.1, 0.15) is 5.70 Å². The number of hydrogen-bond donors (Lipinski definition) is 5. The minimum Gasteiger partial charge on any atom is -0.385 e. The van der Waals surface area contributed by atoms with Crippen LogP contribution >= 0.6 is 0 Å². The average Bonchev–Trinajstić information content (AvgIpc) is 2.40. The molecule has 1 heterocycles.